The quantitative estimate of drug-likeness (QED) is 0.805. The highest BCUT2D eigenvalue weighted by atomic mass is 16.1. The van der Waals surface area contributed by atoms with Gasteiger partial charge in [-0.2, -0.15) is 0 Å². The number of hydrogen-bond acceptors (Lipinski definition) is 3. The van der Waals surface area contributed by atoms with E-state index in [1.165, 1.54) is 11.3 Å². The van der Waals surface area contributed by atoms with E-state index in [9.17, 15) is 4.79 Å². The average Bonchev–Trinajstić information content (AvgIpc) is 2.56. The third kappa shape index (κ3) is 3.50. The smallest absolute Gasteiger partial charge is 0.150 e. The molecular formula is C18H20N2O. The van der Waals surface area contributed by atoms with Gasteiger partial charge in [-0.1, -0.05) is 36.4 Å². The highest BCUT2D eigenvalue weighted by molar-refractivity contribution is 5.74. The van der Waals surface area contributed by atoms with Crippen molar-refractivity contribution in [1.82, 2.24) is 4.90 Å². The molecule has 1 aliphatic rings. The number of benzene rings is 2. The number of aldehydes is 1. The summed E-state index contributed by atoms with van der Waals surface area (Å²) in [5, 5.41) is 0. The molecular weight excluding hydrogens is 260 g/mol. The van der Waals surface area contributed by atoms with Crippen LogP contribution in [0.5, 0.6) is 0 Å². The molecule has 0 saturated carbocycles. The molecule has 0 aliphatic carbocycles. The molecule has 1 aliphatic heterocycles. The van der Waals surface area contributed by atoms with Crippen LogP contribution in [0.25, 0.3) is 0 Å². The predicted molar refractivity (Wildman–Crippen MR) is 85.8 cm³/mol. The van der Waals surface area contributed by atoms with Gasteiger partial charge >= 0.3 is 0 Å². The SMILES string of the molecule is O=Cc1cccc(CN2CCN(c3ccccc3)CC2)c1. The molecule has 0 unspecified atom stereocenters. The van der Waals surface area contributed by atoms with Gasteiger partial charge < -0.3 is 4.90 Å². The molecule has 108 valence electrons. The summed E-state index contributed by atoms with van der Waals surface area (Å²) in [6, 6.07) is 18.5. The van der Waals surface area contributed by atoms with Crippen LogP contribution in [-0.2, 0) is 6.54 Å². The van der Waals surface area contributed by atoms with Crippen LogP contribution >= 0.6 is 0 Å². The molecule has 21 heavy (non-hydrogen) atoms. The number of nitrogens with zero attached hydrogens (tertiary/aromatic N) is 2. The van der Waals surface area contributed by atoms with E-state index < -0.39 is 0 Å². The third-order valence-electron chi connectivity index (χ3n) is 3.99. The van der Waals surface area contributed by atoms with Crippen molar-refractivity contribution in [3.05, 3.63) is 65.7 Å². The van der Waals surface area contributed by atoms with Crippen molar-refractivity contribution < 1.29 is 4.79 Å². The lowest BCUT2D eigenvalue weighted by atomic mass is 10.1. The van der Waals surface area contributed by atoms with Crippen LogP contribution in [0.4, 0.5) is 5.69 Å². The van der Waals surface area contributed by atoms with Crippen LogP contribution in [0.1, 0.15) is 15.9 Å². The van der Waals surface area contributed by atoms with E-state index in [0.29, 0.717) is 0 Å². The number of rotatable bonds is 4. The molecule has 2 aromatic carbocycles. The molecule has 1 fully saturated rings. The summed E-state index contributed by atoms with van der Waals surface area (Å²) in [4.78, 5) is 15.7. The molecule has 3 rings (SSSR count). The Morgan fingerprint density at radius 3 is 2.38 bits per heavy atom. The summed E-state index contributed by atoms with van der Waals surface area (Å²) in [5.74, 6) is 0. The summed E-state index contributed by atoms with van der Waals surface area (Å²) in [5.41, 5.74) is 3.28. The standard InChI is InChI=1S/C18H20N2O/c21-15-17-6-4-5-16(13-17)14-19-9-11-20(12-10-19)18-7-2-1-3-8-18/h1-8,13,15H,9-12,14H2. The van der Waals surface area contributed by atoms with Crippen LogP contribution in [-0.4, -0.2) is 37.4 Å². The maximum Gasteiger partial charge on any atom is 0.150 e. The van der Waals surface area contributed by atoms with E-state index in [4.69, 9.17) is 0 Å². The zero-order chi connectivity index (χ0) is 14.5. The van der Waals surface area contributed by atoms with Gasteiger partial charge in [0.2, 0.25) is 0 Å². The molecule has 0 amide bonds. The second-order valence-corrected chi connectivity index (χ2v) is 5.46. The minimum Gasteiger partial charge on any atom is -0.369 e. The summed E-state index contributed by atoms with van der Waals surface area (Å²) in [6.45, 7) is 5.14. The van der Waals surface area contributed by atoms with Crippen molar-refractivity contribution in [3.63, 3.8) is 0 Å². The molecule has 1 saturated heterocycles. The van der Waals surface area contributed by atoms with Crippen LogP contribution in [0.2, 0.25) is 0 Å². The molecule has 3 nitrogen and oxygen atoms in total. The van der Waals surface area contributed by atoms with E-state index in [-0.39, 0.29) is 0 Å². The normalized spacial score (nSPS) is 15.9. The molecule has 0 aromatic heterocycles. The first-order valence-electron chi connectivity index (χ1n) is 7.41. The van der Waals surface area contributed by atoms with E-state index in [1.54, 1.807) is 0 Å². The molecule has 0 spiro atoms. The monoisotopic (exact) mass is 280 g/mol. The molecule has 0 N–H and O–H groups in total. The first-order chi connectivity index (χ1) is 10.3. The van der Waals surface area contributed by atoms with Gasteiger partial charge in [0, 0.05) is 44.0 Å². The second-order valence-electron chi connectivity index (χ2n) is 5.46. The predicted octanol–water partition coefficient (Wildman–Crippen LogP) is 2.82. The van der Waals surface area contributed by atoms with Crippen LogP contribution < -0.4 is 4.90 Å². The van der Waals surface area contributed by atoms with Crippen molar-refractivity contribution in [1.29, 1.82) is 0 Å². The Morgan fingerprint density at radius 1 is 0.905 bits per heavy atom. The lowest BCUT2D eigenvalue weighted by Gasteiger charge is -2.36. The lowest BCUT2D eigenvalue weighted by molar-refractivity contribution is 0.112. The maximum absolute atomic E-state index is 10.8. The van der Waals surface area contributed by atoms with Crippen LogP contribution in [0, 0.1) is 0 Å². The first-order valence-corrected chi connectivity index (χ1v) is 7.41. The number of carbonyl (C=O) groups is 1. The van der Waals surface area contributed by atoms with Crippen molar-refractivity contribution in [2.75, 3.05) is 31.1 Å². The molecule has 1 heterocycles. The van der Waals surface area contributed by atoms with Gasteiger partial charge in [0.15, 0.2) is 0 Å². The maximum atomic E-state index is 10.8. The van der Waals surface area contributed by atoms with E-state index in [1.807, 2.05) is 18.2 Å². The van der Waals surface area contributed by atoms with Crippen molar-refractivity contribution in [2.45, 2.75) is 6.54 Å². The Labute approximate surface area is 125 Å². The van der Waals surface area contributed by atoms with Crippen molar-refractivity contribution >= 4 is 12.0 Å². The summed E-state index contributed by atoms with van der Waals surface area (Å²) >= 11 is 0. The highest BCUT2D eigenvalue weighted by Gasteiger charge is 2.17. The van der Waals surface area contributed by atoms with Gasteiger partial charge in [-0.05, 0) is 23.8 Å². The number of anilines is 1. The van der Waals surface area contributed by atoms with E-state index >= 15 is 0 Å². The average molecular weight is 280 g/mol. The molecule has 0 atom stereocenters. The largest absolute Gasteiger partial charge is 0.369 e. The van der Waals surface area contributed by atoms with Crippen molar-refractivity contribution in [3.8, 4) is 0 Å². The van der Waals surface area contributed by atoms with Gasteiger partial charge in [-0.3, -0.25) is 9.69 Å². The highest BCUT2D eigenvalue weighted by Crippen LogP contribution is 2.16. The summed E-state index contributed by atoms with van der Waals surface area (Å²) < 4.78 is 0. The molecule has 3 heteroatoms. The zero-order valence-corrected chi connectivity index (χ0v) is 12.1. The molecule has 0 radical (unpaired) electrons. The Bertz CT molecular complexity index is 589. The summed E-state index contributed by atoms with van der Waals surface area (Å²) in [7, 11) is 0. The topological polar surface area (TPSA) is 23.6 Å². The van der Waals surface area contributed by atoms with Gasteiger partial charge in [0.05, 0.1) is 0 Å². The Balaban J connectivity index is 1.57. The van der Waals surface area contributed by atoms with Crippen LogP contribution in [0.15, 0.2) is 54.6 Å². The van der Waals surface area contributed by atoms with Crippen molar-refractivity contribution in [2.24, 2.45) is 0 Å². The summed E-state index contributed by atoms with van der Waals surface area (Å²) in [6.07, 6.45) is 0.914. The van der Waals surface area contributed by atoms with E-state index in [0.717, 1.165) is 44.6 Å². The fourth-order valence-corrected chi connectivity index (χ4v) is 2.83. The fraction of sp³-hybridized carbons (Fsp3) is 0.278. The second kappa shape index (κ2) is 6.55. The van der Waals surface area contributed by atoms with Gasteiger partial charge in [-0.25, -0.2) is 0 Å². The fourth-order valence-electron chi connectivity index (χ4n) is 2.83. The lowest BCUT2D eigenvalue weighted by Crippen LogP contribution is -2.45. The number of hydrogen-bond donors (Lipinski definition) is 0. The Hall–Kier alpha value is -2.13. The minimum atomic E-state index is 0.760. The van der Waals surface area contributed by atoms with Crippen LogP contribution in [0.3, 0.4) is 0 Å². The Morgan fingerprint density at radius 2 is 1.67 bits per heavy atom. The number of piperazine rings is 1. The van der Waals surface area contributed by atoms with Gasteiger partial charge in [0.1, 0.15) is 6.29 Å². The Kier molecular flexibility index (Phi) is 4.31. The molecule has 0 bridgehead atoms. The minimum absolute atomic E-state index is 0.760. The van der Waals surface area contributed by atoms with Gasteiger partial charge in [-0.15, -0.1) is 0 Å². The molecule has 2 aromatic rings. The van der Waals surface area contributed by atoms with E-state index in [2.05, 4.69) is 46.2 Å². The van der Waals surface area contributed by atoms with Gasteiger partial charge in [0.25, 0.3) is 0 Å². The first kappa shape index (κ1) is 13.8. The third-order valence-corrected chi connectivity index (χ3v) is 3.99. The zero-order valence-electron chi connectivity index (χ0n) is 12.1. The number of para-hydroxylation sites is 1. The number of carbonyl (C=O) groups excluding carboxylic acids is 1.